The van der Waals surface area contributed by atoms with Crippen molar-refractivity contribution in [3.8, 4) is 0 Å². The van der Waals surface area contributed by atoms with Crippen LogP contribution in [0.4, 0.5) is 0 Å². The number of carboxylic acids is 1. The Kier molecular flexibility index (Phi) is 25.6. The van der Waals surface area contributed by atoms with Crippen molar-refractivity contribution in [1.29, 1.82) is 0 Å². The first-order chi connectivity index (χ1) is 30.5. The molecule has 27 heteroatoms. The first-order valence-electron chi connectivity index (χ1n) is 20.6. The topological polar surface area (TPSA) is 379 Å². The Hall–Kier alpha value is -1.91. The van der Waals surface area contributed by atoms with E-state index in [0.717, 1.165) is 19.2 Å². The molecule has 12 N–H and O–H groups in total. The molecule has 0 spiro atoms. The number of aliphatic hydroxyl groups is 9. The van der Waals surface area contributed by atoms with Crippen LogP contribution in [-0.2, 0) is 66.5 Å². The van der Waals surface area contributed by atoms with E-state index < -0.39 is 142 Å². The fraction of sp³-hybridized carbons (Fsp3) is 0.919. The maximum atomic E-state index is 12.8. The molecular formula is C37H65BrN2O24. The predicted octanol–water partition coefficient (Wildman–Crippen LogP) is -6.58. The highest BCUT2D eigenvalue weighted by molar-refractivity contribution is 9.09. The molecular weight excluding hydrogens is 936 g/mol. The summed E-state index contributed by atoms with van der Waals surface area (Å²) in [6, 6.07) is -2.94. The summed E-state index contributed by atoms with van der Waals surface area (Å²) in [6.07, 6.45) is -25.4. The van der Waals surface area contributed by atoms with E-state index in [0.29, 0.717) is 46.2 Å². The third-order valence-electron chi connectivity index (χ3n) is 10.1. The molecule has 0 aliphatic carbocycles. The van der Waals surface area contributed by atoms with Crippen molar-refractivity contribution in [2.24, 2.45) is 0 Å². The summed E-state index contributed by atoms with van der Waals surface area (Å²) in [7, 11) is 0. The predicted molar refractivity (Wildman–Crippen MR) is 213 cm³/mol. The number of carbonyl (C=O) groups excluding carboxylic acids is 2. The Labute approximate surface area is 377 Å². The standard InChI is InChI=1S/C37H65BrN2O24/c1-19(44)39-25-21(46)15-37(36(52)53,63-32(25)27(48)22(47)16-41)64-33-28(49)23(17-42)60-35(30(33)51)62-31-24(18-43)61-34(26(29(31)50)40-20(2)45)59-14-13-58-12-11-57-10-9-56-8-7-55-6-5-54-4-3-38/h21-35,41-43,46-51H,3-18H2,1-2H3,(H,39,44)(H,40,45)(H,52,53)/t21-,22+,23+,24+,25+,26+,27+,28-,29+,30+,31+,32+,33-,34+,35-,37-/m0/s1. The monoisotopic (exact) mass is 1000 g/mol. The molecule has 64 heavy (non-hydrogen) atoms. The lowest BCUT2D eigenvalue weighted by atomic mass is 9.88. The van der Waals surface area contributed by atoms with Crippen molar-refractivity contribution in [3.05, 3.63) is 0 Å². The number of aliphatic hydroxyl groups excluding tert-OH is 9. The van der Waals surface area contributed by atoms with Crippen molar-refractivity contribution in [2.75, 3.05) is 97.8 Å². The van der Waals surface area contributed by atoms with Gasteiger partial charge >= 0.3 is 5.97 Å². The van der Waals surface area contributed by atoms with Gasteiger partial charge in [0.25, 0.3) is 5.79 Å². The number of carbonyl (C=O) groups is 3. The summed E-state index contributed by atoms with van der Waals surface area (Å²) >= 11 is 3.27. The van der Waals surface area contributed by atoms with Gasteiger partial charge in [-0.2, -0.15) is 0 Å². The van der Waals surface area contributed by atoms with Crippen LogP contribution < -0.4 is 10.6 Å². The zero-order valence-corrected chi connectivity index (χ0v) is 37.1. The number of nitrogens with one attached hydrogen (secondary N) is 2. The van der Waals surface area contributed by atoms with Crippen LogP contribution in [0.1, 0.15) is 20.3 Å². The molecule has 3 heterocycles. The Morgan fingerprint density at radius 1 is 0.688 bits per heavy atom. The Morgan fingerprint density at radius 2 is 1.19 bits per heavy atom. The van der Waals surface area contributed by atoms with E-state index in [1.807, 2.05) is 0 Å². The molecule has 0 saturated carbocycles. The van der Waals surface area contributed by atoms with Gasteiger partial charge in [0.1, 0.15) is 67.1 Å². The number of hydrogen-bond donors (Lipinski definition) is 12. The van der Waals surface area contributed by atoms with Gasteiger partial charge in [0, 0.05) is 25.6 Å². The molecule has 0 aromatic rings. The summed E-state index contributed by atoms with van der Waals surface area (Å²) in [5.41, 5.74) is 0. The maximum absolute atomic E-state index is 12.8. The molecule has 0 radical (unpaired) electrons. The fourth-order valence-corrected chi connectivity index (χ4v) is 7.18. The molecule has 374 valence electrons. The van der Waals surface area contributed by atoms with E-state index >= 15 is 0 Å². The fourth-order valence-electron chi connectivity index (χ4n) is 6.95. The van der Waals surface area contributed by atoms with Gasteiger partial charge in [-0.1, -0.05) is 15.9 Å². The molecule has 16 atom stereocenters. The molecule has 26 nitrogen and oxygen atoms in total. The van der Waals surface area contributed by atoms with E-state index in [9.17, 15) is 65.4 Å². The van der Waals surface area contributed by atoms with E-state index in [1.165, 1.54) is 0 Å². The quantitative estimate of drug-likeness (QED) is 0.0235. The second-order valence-electron chi connectivity index (χ2n) is 14.8. The molecule has 3 saturated heterocycles. The first kappa shape index (κ1) is 56.4. The molecule has 3 aliphatic heterocycles. The minimum Gasteiger partial charge on any atom is -0.477 e. The van der Waals surface area contributed by atoms with Crippen LogP contribution in [0.2, 0.25) is 0 Å². The SMILES string of the molecule is CC(=O)N[C@H]1[C@H](OCCOCCOCCOCCOCCOCCBr)O[C@H](CO)[C@@H](O[C@@H]2O[C@H](CO)[C@H](O)[C@H](O[C@]3(C(=O)O)C[C@H](O)[C@@H](NC(C)=O)[C@H]([C@H](O)[C@H](O)CO)O3)[C@H]2O)[C@@H]1O. The Balaban J connectivity index is 1.63. The van der Waals surface area contributed by atoms with Crippen molar-refractivity contribution in [1.82, 2.24) is 10.6 Å². The van der Waals surface area contributed by atoms with E-state index in [2.05, 4.69) is 26.6 Å². The van der Waals surface area contributed by atoms with Crippen LogP contribution >= 0.6 is 15.9 Å². The molecule has 2 amide bonds. The summed E-state index contributed by atoms with van der Waals surface area (Å²) < 4.78 is 61.4. The highest BCUT2D eigenvalue weighted by Gasteiger charge is 2.60. The second kappa shape index (κ2) is 29.1. The smallest absolute Gasteiger partial charge is 0.364 e. The molecule has 0 aromatic heterocycles. The zero-order chi connectivity index (χ0) is 47.4. The zero-order valence-electron chi connectivity index (χ0n) is 35.5. The van der Waals surface area contributed by atoms with Gasteiger partial charge in [-0.3, -0.25) is 9.59 Å². The van der Waals surface area contributed by atoms with Gasteiger partial charge in [-0.15, -0.1) is 0 Å². The number of rotatable bonds is 30. The van der Waals surface area contributed by atoms with Gasteiger partial charge in [-0.05, 0) is 0 Å². The number of hydrogen-bond acceptors (Lipinski definition) is 23. The van der Waals surface area contributed by atoms with Crippen molar-refractivity contribution in [2.45, 2.75) is 118 Å². The third kappa shape index (κ3) is 16.7. The lowest BCUT2D eigenvalue weighted by molar-refractivity contribution is -0.382. The number of aliphatic carboxylic acids is 1. The van der Waals surface area contributed by atoms with Gasteiger partial charge in [-0.25, -0.2) is 4.79 Å². The normalized spacial score (nSPS) is 34.2. The maximum Gasteiger partial charge on any atom is 0.364 e. The molecule has 3 rings (SSSR count). The van der Waals surface area contributed by atoms with Crippen molar-refractivity contribution >= 4 is 33.7 Å². The van der Waals surface area contributed by atoms with E-state index in [4.69, 9.17) is 52.1 Å². The molecule has 0 unspecified atom stereocenters. The van der Waals surface area contributed by atoms with Crippen LogP contribution in [0.25, 0.3) is 0 Å². The largest absolute Gasteiger partial charge is 0.477 e. The lowest BCUT2D eigenvalue weighted by Crippen LogP contribution is -2.71. The van der Waals surface area contributed by atoms with Crippen LogP contribution in [0, 0.1) is 0 Å². The summed E-state index contributed by atoms with van der Waals surface area (Å²) in [5.74, 6) is -6.43. The van der Waals surface area contributed by atoms with Gasteiger partial charge < -0.3 is 114 Å². The van der Waals surface area contributed by atoms with Gasteiger partial charge in [0.05, 0.1) is 105 Å². The minimum absolute atomic E-state index is 0.0194. The number of carboxylic acid groups (broad SMARTS) is 1. The van der Waals surface area contributed by atoms with Gasteiger partial charge in [0.15, 0.2) is 12.6 Å². The average molecular weight is 1000 g/mol. The minimum atomic E-state index is -3.06. The van der Waals surface area contributed by atoms with Crippen LogP contribution in [0.5, 0.6) is 0 Å². The number of halogens is 1. The average Bonchev–Trinajstić information content (AvgIpc) is 3.26. The summed E-state index contributed by atoms with van der Waals surface area (Å²) in [6.45, 7) is 2.67. The first-order valence-corrected chi connectivity index (χ1v) is 21.7. The molecule has 3 fully saturated rings. The Morgan fingerprint density at radius 3 is 1.67 bits per heavy atom. The van der Waals surface area contributed by atoms with Crippen molar-refractivity contribution in [3.63, 3.8) is 0 Å². The summed E-state index contributed by atoms with van der Waals surface area (Å²) in [5, 5.41) is 112. The Bertz CT molecular complexity index is 1360. The third-order valence-corrected chi connectivity index (χ3v) is 10.4. The number of amides is 2. The molecule has 0 aromatic carbocycles. The van der Waals surface area contributed by atoms with Crippen molar-refractivity contribution < 1.29 is 118 Å². The summed E-state index contributed by atoms with van der Waals surface area (Å²) in [4.78, 5) is 37.0. The number of ether oxygens (including phenoxy) is 11. The second-order valence-corrected chi connectivity index (χ2v) is 15.6. The highest BCUT2D eigenvalue weighted by atomic mass is 79.9. The van der Waals surface area contributed by atoms with Crippen LogP contribution in [0.3, 0.4) is 0 Å². The van der Waals surface area contributed by atoms with Crippen LogP contribution in [-0.4, -0.2) is 264 Å². The lowest BCUT2D eigenvalue weighted by Gasteiger charge is -2.51. The number of alkyl halides is 1. The van der Waals surface area contributed by atoms with E-state index in [1.54, 1.807) is 0 Å². The molecule has 0 bridgehead atoms. The molecule has 3 aliphatic rings. The highest BCUT2D eigenvalue weighted by Crippen LogP contribution is 2.38. The van der Waals surface area contributed by atoms with Crippen LogP contribution in [0.15, 0.2) is 0 Å². The van der Waals surface area contributed by atoms with Gasteiger partial charge in [0.2, 0.25) is 11.8 Å². The van der Waals surface area contributed by atoms with E-state index in [-0.39, 0.29) is 26.4 Å².